The van der Waals surface area contributed by atoms with Crippen molar-refractivity contribution >= 4 is 24.3 Å². The third-order valence-electron chi connectivity index (χ3n) is 4.22. The monoisotopic (exact) mass is 377 g/mol. The molecule has 0 saturated carbocycles. The van der Waals surface area contributed by atoms with Gasteiger partial charge >= 0.3 is 12.0 Å². The van der Waals surface area contributed by atoms with E-state index in [2.05, 4.69) is 20.8 Å². The number of nitrogens with two attached hydrogens (primary N) is 2. The number of nitrogens with zero attached hydrogens (tertiary/aromatic N) is 3. The Bertz CT molecular complexity index is 746. The van der Waals surface area contributed by atoms with Gasteiger partial charge in [0.1, 0.15) is 12.4 Å². The second kappa shape index (κ2) is 7.91. The number of rotatable bonds is 6. The summed E-state index contributed by atoms with van der Waals surface area (Å²) in [6, 6.07) is 5.61. The van der Waals surface area contributed by atoms with E-state index in [0.717, 1.165) is 16.8 Å². The van der Waals surface area contributed by atoms with Crippen LogP contribution in [0.15, 0.2) is 40.4 Å². The number of carboxylic acids is 1. The average Bonchev–Trinajstić information content (AvgIpc) is 2.59. The van der Waals surface area contributed by atoms with E-state index in [0.29, 0.717) is 0 Å². The minimum absolute atomic E-state index is 0.243. The summed E-state index contributed by atoms with van der Waals surface area (Å²) in [6.07, 6.45) is 1.05. The van der Waals surface area contributed by atoms with Crippen molar-refractivity contribution in [3.05, 3.63) is 35.9 Å². The molecule has 0 aliphatic carbocycles. The quantitative estimate of drug-likeness (QED) is 0.211. The molecule has 1 aromatic rings. The summed E-state index contributed by atoms with van der Waals surface area (Å²) < 4.78 is 0. The van der Waals surface area contributed by atoms with Crippen molar-refractivity contribution in [3.8, 4) is 0 Å². The zero-order valence-electron chi connectivity index (χ0n) is 14.9. The fourth-order valence-corrected chi connectivity index (χ4v) is 2.88. The van der Waals surface area contributed by atoms with Gasteiger partial charge < -0.3 is 27.0 Å². The summed E-state index contributed by atoms with van der Waals surface area (Å²) in [5, 5.41) is 26.2. The first-order valence-electron chi connectivity index (χ1n) is 8.12. The van der Waals surface area contributed by atoms with Gasteiger partial charge in [-0.2, -0.15) is 0 Å². The van der Waals surface area contributed by atoms with Crippen LogP contribution in [0.3, 0.4) is 0 Å². The highest BCUT2D eigenvalue weighted by Gasteiger charge is 2.62. The number of guanidine groups is 1. The van der Waals surface area contributed by atoms with E-state index in [1.54, 1.807) is 6.92 Å². The predicted octanol–water partition coefficient (Wildman–Crippen LogP) is -0.891. The second-order valence-electron chi connectivity index (χ2n) is 6.22. The van der Waals surface area contributed by atoms with Crippen molar-refractivity contribution in [3.63, 3.8) is 0 Å². The molecule has 8 N–H and O–H groups in total. The standard InChI is InChI=1S/C16H23N7O4/c1-9(10-6-4-3-5-7-10)21-15(26)23-11(13(24)25)12(16(23,2)27)19-8-20-22-14(17)18/h3-9,11-12,27H,1-2H3,(H,19,20)(H,21,26)(H,24,25)(H4,17,18,22)/t9-,11+,12+,16?/m1/s1. The Labute approximate surface area is 155 Å². The molecule has 0 bridgehead atoms. The molecular weight excluding hydrogens is 354 g/mol. The number of carboxylic acid groups (broad SMARTS) is 1. The largest absolute Gasteiger partial charge is 0.480 e. The molecule has 2 amide bonds. The molecule has 2 rings (SSSR count). The number of likely N-dealkylation sites (tertiary alicyclic amines) is 1. The summed E-state index contributed by atoms with van der Waals surface area (Å²) in [5.41, 5.74) is 11.6. The SMILES string of the molecule is C[C@@H](NC(=O)N1[C@H](C(=O)O)[C@H](N=CNN=C(N)N)C1(C)O)c1ccccc1. The predicted molar refractivity (Wildman–Crippen MR) is 98.5 cm³/mol. The van der Waals surface area contributed by atoms with Gasteiger partial charge in [-0.15, -0.1) is 5.10 Å². The number of urea groups is 1. The van der Waals surface area contributed by atoms with Crippen LogP contribution in [-0.2, 0) is 4.79 Å². The van der Waals surface area contributed by atoms with Crippen LogP contribution in [0, 0.1) is 0 Å². The molecule has 11 heteroatoms. The Morgan fingerprint density at radius 3 is 2.52 bits per heavy atom. The number of amides is 2. The maximum atomic E-state index is 12.6. The van der Waals surface area contributed by atoms with Crippen LogP contribution < -0.4 is 22.2 Å². The summed E-state index contributed by atoms with van der Waals surface area (Å²) >= 11 is 0. The first-order valence-corrected chi connectivity index (χ1v) is 8.12. The van der Waals surface area contributed by atoms with E-state index in [1.807, 2.05) is 30.3 Å². The van der Waals surface area contributed by atoms with Gasteiger partial charge in [-0.25, -0.2) is 9.59 Å². The lowest BCUT2D eigenvalue weighted by atomic mass is 9.84. The summed E-state index contributed by atoms with van der Waals surface area (Å²) in [7, 11) is 0. The smallest absolute Gasteiger partial charge is 0.329 e. The van der Waals surface area contributed by atoms with Crippen molar-refractivity contribution in [1.29, 1.82) is 0 Å². The number of benzene rings is 1. The van der Waals surface area contributed by atoms with Crippen molar-refractivity contribution in [1.82, 2.24) is 15.6 Å². The van der Waals surface area contributed by atoms with Gasteiger partial charge in [0, 0.05) is 0 Å². The normalized spacial score (nSPS) is 25.4. The van der Waals surface area contributed by atoms with Crippen LogP contribution in [0.25, 0.3) is 0 Å². The number of hydrogen-bond donors (Lipinski definition) is 6. The third kappa shape index (κ3) is 4.26. The molecular formula is C16H23N7O4. The van der Waals surface area contributed by atoms with Crippen LogP contribution >= 0.6 is 0 Å². The first kappa shape index (κ1) is 20.0. The minimum atomic E-state index is -1.81. The summed E-state index contributed by atoms with van der Waals surface area (Å²) in [6.45, 7) is 3.06. The molecule has 1 aromatic carbocycles. The average molecular weight is 377 g/mol. The van der Waals surface area contributed by atoms with E-state index in [4.69, 9.17) is 11.5 Å². The van der Waals surface area contributed by atoms with Gasteiger partial charge in [0.2, 0.25) is 5.96 Å². The van der Waals surface area contributed by atoms with Gasteiger partial charge in [-0.05, 0) is 19.4 Å². The van der Waals surface area contributed by atoms with Crippen LogP contribution in [0.1, 0.15) is 25.5 Å². The van der Waals surface area contributed by atoms with Gasteiger partial charge in [0.05, 0.1) is 6.04 Å². The highest BCUT2D eigenvalue weighted by molar-refractivity contribution is 5.87. The number of nitrogens with one attached hydrogen (secondary N) is 2. The Morgan fingerprint density at radius 2 is 1.96 bits per heavy atom. The Morgan fingerprint density at radius 1 is 1.33 bits per heavy atom. The van der Waals surface area contributed by atoms with Crippen molar-refractivity contribution in [2.45, 2.75) is 37.7 Å². The molecule has 0 spiro atoms. The van der Waals surface area contributed by atoms with E-state index in [1.165, 1.54) is 6.92 Å². The highest BCUT2D eigenvalue weighted by atomic mass is 16.4. The summed E-state index contributed by atoms with van der Waals surface area (Å²) in [4.78, 5) is 28.9. The number of aliphatic hydroxyl groups is 1. The number of carbonyl (C=O) groups excluding carboxylic acids is 1. The van der Waals surface area contributed by atoms with E-state index < -0.39 is 29.8 Å². The Balaban J connectivity index is 2.12. The first-order chi connectivity index (χ1) is 12.7. The zero-order chi connectivity index (χ0) is 20.2. The van der Waals surface area contributed by atoms with Crippen LogP contribution in [0.4, 0.5) is 4.79 Å². The molecule has 1 unspecified atom stereocenters. The van der Waals surface area contributed by atoms with Crippen LogP contribution in [0.2, 0.25) is 0 Å². The number of carbonyl (C=O) groups is 2. The number of aliphatic carboxylic acids is 1. The number of hydrogen-bond acceptors (Lipinski definition) is 5. The lowest BCUT2D eigenvalue weighted by Crippen LogP contribution is -2.79. The van der Waals surface area contributed by atoms with Crippen molar-refractivity contribution in [2.24, 2.45) is 21.6 Å². The molecule has 1 aliphatic rings. The fourth-order valence-electron chi connectivity index (χ4n) is 2.88. The van der Waals surface area contributed by atoms with E-state index in [-0.39, 0.29) is 12.0 Å². The van der Waals surface area contributed by atoms with Crippen molar-refractivity contribution < 1.29 is 19.8 Å². The lowest BCUT2D eigenvalue weighted by molar-refractivity contribution is -0.204. The third-order valence-corrected chi connectivity index (χ3v) is 4.22. The molecule has 146 valence electrons. The maximum absolute atomic E-state index is 12.6. The molecule has 1 aliphatic heterocycles. The van der Waals surface area contributed by atoms with Gasteiger partial charge in [-0.3, -0.25) is 15.3 Å². The van der Waals surface area contributed by atoms with Crippen molar-refractivity contribution in [2.75, 3.05) is 0 Å². The van der Waals surface area contributed by atoms with Crippen LogP contribution in [-0.4, -0.2) is 57.2 Å². The molecule has 1 saturated heterocycles. The molecule has 0 aromatic heterocycles. The van der Waals surface area contributed by atoms with E-state index >= 15 is 0 Å². The molecule has 27 heavy (non-hydrogen) atoms. The molecule has 1 heterocycles. The summed E-state index contributed by atoms with van der Waals surface area (Å²) in [5.74, 6) is -1.54. The van der Waals surface area contributed by atoms with Gasteiger partial charge in [0.15, 0.2) is 11.8 Å². The molecule has 1 fully saturated rings. The minimum Gasteiger partial charge on any atom is -0.480 e. The molecule has 11 nitrogen and oxygen atoms in total. The molecule has 4 atom stereocenters. The number of aliphatic imine (C=N–C) groups is 1. The number of hydrazone groups is 1. The highest BCUT2D eigenvalue weighted by Crippen LogP contribution is 2.37. The topological polar surface area (TPSA) is 179 Å². The Kier molecular flexibility index (Phi) is 5.85. The van der Waals surface area contributed by atoms with Gasteiger partial charge in [-0.1, -0.05) is 30.3 Å². The van der Waals surface area contributed by atoms with Crippen LogP contribution in [0.5, 0.6) is 0 Å². The second-order valence-corrected chi connectivity index (χ2v) is 6.22. The van der Waals surface area contributed by atoms with Gasteiger partial charge in [0.25, 0.3) is 0 Å². The Hall–Kier alpha value is -3.34. The van der Waals surface area contributed by atoms with E-state index in [9.17, 15) is 19.8 Å². The molecule has 0 radical (unpaired) electrons. The lowest BCUT2D eigenvalue weighted by Gasteiger charge is -2.55. The fraction of sp³-hybridized carbons (Fsp3) is 0.375. The zero-order valence-corrected chi connectivity index (χ0v) is 14.9. The maximum Gasteiger partial charge on any atom is 0.329 e.